The van der Waals surface area contributed by atoms with Gasteiger partial charge in [0.15, 0.2) is 0 Å². The van der Waals surface area contributed by atoms with Gasteiger partial charge >= 0.3 is 0 Å². The molecule has 0 bridgehead atoms. The highest BCUT2D eigenvalue weighted by Gasteiger charge is 2.23. The van der Waals surface area contributed by atoms with Gasteiger partial charge in [-0.25, -0.2) is 13.4 Å². The first-order chi connectivity index (χ1) is 21.5. The summed E-state index contributed by atoms with van der Waals surface area (Å²) in [5, 5.41) is 16.1. The third-order valence-corrected chi connectivity index (χ3v) is 8.96. The number of sulfonamides is 1. The Morgan fingerprint density at radius 1 is 0.911 bits per heavy atom. The Hall–Kier alpha value is -4.56. The third kappa shape index (κ3) is 7.75. The normalized spacial score (nSPS) is 14.2. The van der Waals surface area contributed by atoms with Crippen molar-refractivity contribution in [2.75, 3.05) is 49.6 Å². The van der Waals surface area contributed by atoms with Crippen molar-refractivity contribution >= 4 is 44.9 Å². The zero-order chi connectivity index (χ0) is 32.1. The minimum absolute atomic E-state index is 0.0267. The van der Waals surface area contributed by atoms with Crippen LogP contribution in [-0.2, 0) is 16.6 Å². The smallest absolute Gasteiger partial charge is 0.259 e. The van der Waals surface area contributed by atoms with Crippen molar-refractivity contribution in [3.8, 4) is 16.9 Å². The Balaban J connectivity index is 1.25. The van der Waals surface area contributed by atoms with Crippen LogP contribution in [0.25, 0.3) is 11.1 Å². The summed E-state index contributed by atoms with van der Waals surface area (Å²) in [5.74, 6) is -1.21. The van der Waals surface area contributed by atoms with Crippen LogP contribution in [0.2, 0.25) is 5.02 Å². The molecule has 14 heteroatoms. The highest BCUT2D eigenvalue weighted by Crippen LogP contribution is 2.29. The van der Waals surface area contributed by atoms with E-state index in [2.05, 4.69) is 20.5 Å². The minimum Gasteiger partial charge on any atom is -0.506 e. The number of piperazine rings is 1. The van der Waals surface area contributed by atoms with Crippen LogP contribution >= 0.6 is 11.6 Å². The lowest BCUT2D eigenvalue weighted by molar-refractivity contribution is 0.102. The number of para-hydroxylation sites is 1. The molecule has 0 radical (unpaired) electrons. The highest BCUT2D eigenvalue weighted by molar-refractivity contribution is 7.88. The maximum atomic E-state index is 13.3. The summed E-state index contributed by atoms with van der Waals surface area (Å²) in [6, 6.07) is 17.3. The van der Waals surface area contributed by atoms with Crippen LogP contribution in [0.15, 0.2) is 83.9 Å². The number of aromatic hydroxyl groups is 1. The number of phenols is 1. The van der Waals surface area contributed by atoms with Gasteiger partial charge in [0, 0.05) is 62.8 Å². The van der Waals surface area contributed by atoms with Crippen molar-refractivity contribution in [3.63, 3.8) is 0 Å². The van der Waals surface area contributed by atoms with Crippen LogP contribution in [0, 0.1) is 0 Å². The molecule has 1 saturated heterocycles. The van der Waals surface area contributed by atoms with E-state index >= 15 is 0 Å². The number of aromatic nitrogens is 2. The van der Waals surface area contributed by atoms with E-state index in [9.17, 15) is 27.9 Å². The molecule has 0 spiro atoms. The molecule has 0 aliphatic carbocycles. The molecule has 45 heavy (non-hydrogen) atoms. The maximum Gasteiger partial charge on any atom is 0.259 e. The topological polar surface area (TPSA) is 154 Å². The van der Waals surface area contributed by atoms with Gasteiger partial charge in [0.2, 0.25) is 10.0 Å². The first-order valence-corrected chi connectivity index (χ1v) is 16.3. The van der Waals surface area contributed by atoms with Crippen molar-refractivity contribution in [1.29, 1.82) is 0 Å². The van der Waals surface area contributed by atoms with E-state index < -0.39 is 21.8 Å². The molecule has 3 heterocycles. The van der Waals surface area contributed by atoms with Crippen molar-refractivity contribution in [2.45, 2.75) is 6.54 Å². The number of hydrogen-bond donors (Lipinski definition) is 3. The number of carbonyl (C=O) groups excluding carboxylic acids is 2. The molecule has 1 fully saturated rings. The monoisotopic (exact) mass is 650 g/mol. The van der Waals surface area contributed by atoms with Gasteiger partial charge in [0.1, 0.15) is 11.6 Å². The Morgan fingerprint density at radius 3 is 2.31 bits per heavy atom. The van der Waals surface area contributed by atoms with Crippen LogP contribution in [0.3, 0.4) is 0 Å². The van der Waals surface area contributed by atoms with Gasteiger partial charge in [0.05, 0.1) is 22.5 Å². The van der Waals surface area contributed by atoms with E-state index in [0.29, 0.717) is 55.4 Å². The fourth-order valence-corrected chi connectivity index (χ4v) is 5.89. The van der Waals surface area contributed by atoms with E-state index in [1.54, 1.807) is 53.2 Å². The fraction of sp³-hybridized carbons (Fsp3) is 0.226. The summed E-state index contributed by atoms with van der Waals surface area (Å²) >= 11 is 5.85. The van der Waals surface area contributed by atoms with E-state index in [4.69, 9.17) is 11.6 Å². The van der Waals surface area contributed by atoms with Gasteiger partial charge in [-0.2, -0.15) is 4.31 Å². The maximum absolute atomic E-state index is 13.3. The average Bonchev–Trinajstić information content (AvgIpc) is 3.02. The van der Waals surface area contributed by atoms with E-state index in [0.717, 1.165) is 0 Å². The Labute approximate surface area is 264 Å². The number of carbonyl (C=O) groups is 2. The number of nitrogens with zero attached hydrogens (tertiary/aromatic N) is 4. The fourth-order valence-electron chi connectivity index (χ4n) is 4.95. The second-order valence-electron chi connectivity index (χ2n) is 10.5. The van der Waals surface area contributed by atoms with E-state index in [1.165, 1.54) is 41.0 Å². The number of halogens is 1. The molecule has 0 atom stereocenters. The molecule has 2 aromatic heterocycles. The predicted molar refractivity (Wildman–Crippen MR) is 172 cm³/mol. The third-order valence-electron chi connectivity index (χ3n) is 7.43. The molecule has 2 amide bonds. The summed E-state index contributed by atoms with van der Waals surface area (Å²) in [7, 11) is -3.21. The number of amides is 2. The number of benzene rings is 2. The van der Waals surface area contributed by atoms with Gasteiger partial charge in [-0.05, 0) is 54.1 Å². The van der Waals surface area contributed by atoms with Crippen molar-refractivity contribution in [1.82, 2.24) is 18.8 Å². The van der Waals surface area contributed by atoms with Crippen LogP contribution in [0.5, 0.6) is 5.75 Å². The Morgan fingerprint density at radius 2 is 1.64 bits per heavy atom. The summed E-state index contributed by atoms with van der Waals surface area (Å²) in [5.41, 5.74) is 1.09. The molecule has 4 aromatic rings. The van der Waals surface area contributed by atoms with Crippen molar-refractivity contribution in [2.24, 2.45) is 0 Å². The highest BCUT2D eigenvalue weighted by atomic mass is 35.5. The molecule has 12 nitrogen and oxygen atoms in total. The lowest BCUT2D eigenvalue weighted by Gasteiger charge is -2.33. The van der Waals surface area contributed by atoms with Gasteiger partial charge in [-0.15, -0.1) is 0 Å². The molecular weight excluding hydrogens is 620 g/mol. The van der Waals surface area contributed by atoms with Gasteiger partial charge < -0.3 is 20.3 Å². The van der Waals surface area contributed by atoms with Crippen LogP contribution in [0.1, 0.15) is 20.7 Å². The SMILES string of the molecule is CS(=O)(=O)N1CCN(CCn2cccc(-c3ccc(C(=O)Nc4c(O)cccc4C(=O)Nc4ccc(Cl)cn4)cc3)c2=O)CC1. The first-order valence-electron chi connectivity index (χ1n) is 14.0. The van der Waals surface area contributed by atoms with Gasteiger partial charge in [-0.3, -0.25) is 19.3 Å². The Kier molecular flexibility index (Phi) is 9.63. The molecule has 5 rings (SSSR count). The van der Waals surface area contributed by atoms with Gasteiger partial charge in [0.25, 0.3) is 17.4 Å². The average molecular weight is 651 g/mol. The van der Waals surface area contributed by atoms with E-state index in [-0.39, 0.29) is 33.9 Å². The molecule has 3 N–H and O–H groups in total. The molecule has 0 saturated carbocycles. The summed E-state index contributed by atoms with van der Waals surface area (Å²) in [4.78, 5) is 45.5. The zero-order valence-corrected chi connectivity index (χ0v) is 25.9. The molecule has 1 aliphatic rings. The van der Waals surface area contributed by atoms with Crippen molar-refractivity contribution in [3.05, 3.63) is 106 Å². The Bertz CT molecular complexity index is 1870. The second-order valence-corrected chi connectivity index (χ2v) is 12.9. The number of pyridine rings is 2. The standard InChI is InChI=1S/C31H31ClN6O6S/c1-45(43,44)38-18-15-36(16-19-38)14-17-37-13-3-5-24(31(37)42)21-7-9-22(10-8-21)29(40)35-28-25(4-2-6-26(28)39)30(41)34-27-12-11-23(32)20-33-27/h2-13,20,39H,14-19H2,1H3,(H,35,40)(H,33,34,41). The molecule has 234 valence electrons. The molecule has 0 unspecified atom stereocenters. The van der Waals surface area contributed by atoms with Crippen LogP contribution < -0.4 is 16.2 Å². The molecule has 1 aliphatic heterocycles. The lowest BCUT2D eigenvalue weighted by atomic mass is 10.0. The number of nitrogens with one attached hydrogen (secondary N) is 2. The largest absolute Gasteiger partial charge is 0.506 e. The van der Waals surface area contributed by atoms with Crippen LogP contribution in [-0.4, -0.2) is 83.1 Å². The van der Waals surface area contributed by atoms with Crippen LogP contribution in [0.4, 0.5) is 11.5 Å². The number of rotatable bonds is 9. The quantitative estimate of drug-likeness (QED) is 0.233. The first kappa shape index (κ1) is 31.9. The zero-order valence-electron chi connectivity index (χ0n) is 24.3. The lowest BCUT2D eigenvalue weighted by Crippen LogP contribution is -2.49. The summed E-state index contributed by atoms with van der Waals surface area (Å²) < 4.78 is 26.6. The summed E-state index contributed by atoms with van der Waals surface area (Å²) in [6.45, 7) is 3.08. The summed E-state index contributed by atoms with van der Waals surface area (Å²) in [6.07, 6.45) is 4.30. The van der Waals surface area contributed by atoms with E-state index in [1.807, 2.05) is 0 Å². The predicted octanol–water partition coefficient (Wildman–Crippen LogP) is 3.35. The number of anilines is 2. The molecule has 2 aromatic carbocycles. The van der Waals surface area contributed by atoms with Gasteiger partial charge in [-0.1, -0.05) is 29.8 Å². The number of hydrogen-bond acceptors (Lipinski definition) is 8. The molecular formula is C31H31ClN6O6S. The number of phenolic OH excluding ortho intramolecular Hbond substituents is 1. The minimum atomic E-state index is -3.21. The second kappa shape index (κ2) is 13.6. The van der Waals surface area contributed by atoms with Crippen molar-refractivity contribution < 1.29 is 23.1 Å².